The molecule has 3 fully saturated rings. The highest BCUT2D eigenvalue weighted by molar-refractivity contribution is 5.91. The van der Waals surface area contributed by atoms with Crippen molar-refractivity contribution in [3.05, 3.63) is 63.2 Å². The van der Waals surface area contributed by atoms with Crippen molar-refractivity contribution >= 4 is 35.1 Å². The standard InChI is InChI=1S/C35H48N8O6/c1-24-21-25(22-30(32(24)36)43(47)48)23-31(33(44)40-12-8-27(9-13-40)39-19-17-38(2)18-20-39)49-35(46)41-14-10-28(11-15-41)42-16-7-26-5-3-4-6-29(26)37-34(42)45/h3-6,21-22,27-28,31H,7-20,23,36H2,1-2H3,(H,37,45). The zero-order valence-corrected chi connectivity index (χ0v) is 28.5. The Labute approximate surface area is 287 Å². The first kappa shape index (κ1) is 34.4. The molecule has 0 bridgehead atoms. The fraction of sp³-hybridized carbons (Fsp3) is 0.571. The number of ether oxygens (including phenoxy) is 1. The summed E-state index contributed by atoms with van der Waals surface area (Å²) in [4.78, 5) is 62.0. The van der Waals surface area contributed by atoms with Gasteiger partial charge in [0.1, 0.15) is 5.69 Å². The molecule has 4 aliphatic heterocycles. The molecule has 4 amide bonds. The van der Waals surface area contributed by atoms with Crippen molar-refractivity contribution in [2.75, 3.05) is 77.0 Å². The Morgan fingerprint density at radius 2 is 1.61 bits per heavy atom. The second kappa shape index (κ2) is 15.0. The zero-order chi connectivity index (χ0) is 34.7. The monoisotopic (exact) mass is 676 g/mol. The number of nitrogens with zero attached hydrogens (tertiary/aromatic N) is 6. The highest BCUT2D eigenvalue weighted by Crippen LogP contribution is 2.29. The minimum absolute atomic E-state index is 0.00407. The van der Waals surface area contributed by atoms with Crippen molar-refractivity contribution in [3.8, 4) is 0 Å². The number of rotatable bonds is 7. The third-order valence-electron chi connectivity index (χ3n) is 10.7. The van der Waals surface area contributed by atoms with Crippen LogP contribution in [0.2, 0.25) is 0 Å². The minimum atomic E-state index is -1.15. The van der Waals surface area contributed by atoms with E-state index in [-0.39, 0.29) is 35.8 Å². The lowest BCUT2D eigenvalue weighted by molar-refractivity contribution is -0.384. The number of carbonyl (C=O) groups is 3. The van der Waals surface area contributed by atoms with E-state index < -0.39 is 17.1 Å². The molecule has 0 aliphatic carbocycles. The van der Waals surface area contributed by atoms with Crippen LogP contribution in [0.15, 0.2) is 36.4 Å². The van der Waals surface area contributed by atoms with E-state index in [1.165, 1.54) is 6.07 Å². The first-order valence-corrected chi connectivity index (χ1v) is 17.4. The predicted octanol–water partition coefficient (Wildman–Crippen LogP) is 3.33. The fourth-order valence-electron chi connectivity index (χ4n) is 7.65. The van der Waals surface area contributed by atoms with Crippen LogP contribution in [0.3, 0.4) is 0 Å². The predicted molar refractivity (Wildman–Crippen MR) is 185 cm³/mol. The molecular formula is C35H48N8O6. The Balaban J connectivity index is 1.11. The van der Waals surface area contributed by atoms with Crippen LogP contribution in [-0.2, 0) is 22.4 Å². The number of carbonyl (C=O) groups excluding carboxylic acids is 3. The zero-order valence-electron chi connectivity index (χ0n) is 28.5. The molecule has 1 unspecified atom stereocenters. The molecule has 3 saturated heterocycles. The van der Waals surface area contributed by atoms with Gasteiger partial charge in [0.05, 0.1) is 4.92 Å². The van der Waals surface area contributed by atoms with Gasteiger partial charge in [-0.25, -0.2) is 9.59 Å². The number of fused-ring (bicyclic) bond motifs is 1. The molecule has 0 spiro atoms. The number of nitrogens with two attached hydrogens (primary N) is 1. The molecule has 14 nitrogen and oxygen atoms in total. The van der Waals surface area contributed by atoms with E-state index >= 15 is 0 Å². The maximum atomic E-state index is 14.0. The molecule has 0 aromatic heterocycles. The number of likely N-dealkylation sites (N-methyl/N-ethyl adjacent to an activating group) is 1. The number of anilines is 2. The van der Waals surface area contributed by atoms with E-state index in [1.807, 2.05) is 29.2 Å². The number of nitrogens with one attached hydrogen (secondary N) is 1. The number of nitro groups is 1. The van der Waals surface area contributed by atoms with Gasteiger partial charge in [-0.05, 0) is 68.8 Å². The van der Waals surface area contributed by atoms with Crippen molar-refractivity contribution in [2.45, 2.75) is 63.6 Å². The highest BCUT2D eigenvalue weighted by atomic mass is 16.6. The van der Waals surface area contributed by atoms with E-state index in [4.69, 9.17) is 10.5 Å². The topological polar surface area (TPSA) is 158 Å². The maximum Gasteiger partial charge on any atom is 0.410 e. The first-order chi connectivity index (χ1) is 23.6. The molecule has 14 heteroatoms. The van der Waals surface area contributed by atoms with Crippen LogP contribution in [0.5, 0.6) is 0 Å². The number of likely N-dealkylation sites (tertiary alicyclic amines) is 2. The first-order valence-electron chi connectivity index (χ1n) is 17.4. The van der Waals surface area contributed by atoms with Gasteiger partial charge in [-0.3, -0.25) is 19.8 Å². The molecule has 2 aromatic rings. The largest absolute Gasteiger partial charge is 0.436 e. The number of amides is 4. The van der Waals surface area contributed by atoms with Gasteiger partial charge < -0.3 is 35.4 Å². The summed E-state index contributed by atoms with van der Waals surface area (Å²) in [5, 5.41) is 14.7. The summed E-state index contributed by atoms with van der Waals surface area (Å²) in [5.41, 5.74) is 8.78. The fourth-order valence-corrected chi connectivity index (χ4v) is 7.65. The number of nitro benzene ring substituents is 1. The highest BCUT2D eigenvalue weighted by Gasteiger charge is 2.37. The van der Waals surface area contributed by atoms with Gasteiger partial charge in [-0.2, -0.15) is 0 Å². The average Bonchev–Trinajstić information content (AvgIpc) is 3.27. The smallest absolute Gasteiger partial charge is 0.410 e. The number of hydrogen-bond donors (Lipinski definition) is 2. The molecular weight excluding hydrogens is 628 g/mol. The lowest BCUT2D eigenvalue weighted by Gasteiger charge is -2.42. The molecule has 6 rings (SSSR count). The second-order valence-corrected chi connectivity index (χ2v) is 13.8. The number of piperazine rings is 1. The second-order valence-electron chi connectivity index (χ2n) is 13.8. The normalized spacial score (nSPS) is 20.7. The van der Waals surface area contributed by atoms with E-state index in [2.05, 4.69) is 22.2 Å². The molecule has 0 radical (unpaired) electrons. The van der Waals surface area contributed by atoms with Crippen molar-refractivity contribution in [1.82, 2.24) is 24.5 Å². The van der Waals surface area contributed by atoms with Crippen molar-refractivity contribution in [2.24, 2.45) is 0 Å². The molecule has 2 aromatic carbocycles. The summed E-state index contributed by atoms with van der Waals surface area (Å²) in [6.45, 7) is 8.22. The number of benzene rings is 2. The molecule has 4 heterocycles. The lowest BCUT2D eigenvalue weighted by Crippen LogP contribution is -2.54. The average molecular weight is 677 g/mol. The van der Waals surface area contributed by atoms with Gasteiger partial charge in [0, 0.05) is 89.2 Å². The Bertz CT molecular complexity index is 1550. The van der Waals surface area contributed by atoms with Gasteiger partial charge in [0.25, 0.3) is 11.6 Å². The summed E-state index contributed by atoms with van der Waals surface area (Å²) in [6.07, 6.45) is 1.84. The molecule has 49 heavy (non-hydrogen) atoms. The van der Waals surface area contributed by atoms with Crippen molar-refractivity contribution < 1.29 is 24.0 Å². The van der Waals surface area contributed by atoms with Gasteiger partial charge in [-0.1, -0.05) is 24.3 Å². The van der Waals surface area contributed by atoms with Crippen LogP contribution in [0, 0.1) is 17.0 Å². The summed E-state index contributed by atoms with van der Waals surface area (Å²) in [6, 6.07) is 11.1. The van der Waals surface area contributed by atoms with Crippen LogP contribution in [0.4, 0.5) is 26.7 Å². The summed E-state index contributed by atoms with van der Waals surface area (Å²) in [7, 11) is 2.13. The van der Waals surface area contributed by atoms with Crippen LogP contribution in [0.25, 0.3) is 0 Å². The van der Waals surface area contributed by atoms with Crippen LogP contribution in [-0.4, -0.2) is 132 Å². The van der Waals surface area contributed by atoms with E-state index in [0.29, 0.717) is 62.7 Å². The van der Waals surface area contributed by atoms with E-state index in [9.17, 15) is 24.5 Å². The number of aryl methyl sites for hydroxylation is 1. The molecule has 264 valence electrons. The van der Waals surface area contributed by atoms with Gasteiger partial charge in [-0.15, -0.1) is 0 Å². The summed E-state index contributed by atoms with van der Waals surface area (Å²) < 4.78 is 5.98. The SMILES string of the molecule is Cc1cc(CC(OC(=O)N2CCC(N3CCc4ccccc4NC3=O)CC2)C(=O)N2CCC(N3CCN(C)CC3)CC2)cc([N+](=O)[O-])c1N. The van der Waals surface area contributed by atoms with Crippen LogP contribution in [0.1, 0.15) is 42.4 Å². The Kier molecular flexibility index (Phi) is 10.5. The van der Waals surface area contributed by atoms with Gasteiger partial charge in [0.2, 0.25) is 0 Å². The van der Waals surface area contributed by atoms with Crippen molar-refractivity contribution in [3.63, 3.8) is 0 Å². The molecule has 1 atom stereocenters. The lowest BCUT2D eigenvalue weighted by atomic mass is 9.99. The Morgan fingerprint density at radius 1 is 0.959 bits per heavy atom. The van der Waals surface area contributed by atoms with E-state index in [0.717, 1.165) is 56.7 Å². The summed E-state index contributed by atoms with van der Waals surface area (Å²) >= 11 is 0. The minimum Gasteiger partial charge on any atom is -0.436 e. The summed E-state index contributed by atoms with van der Waals surface area (Å²) in [5.74, 6) is -0.294. The molecule has 3 N–H and O–H groups in total. The van der Waals surface area contributed by atoms with Crippen LogP contribution >= 0.6 is 0 Å². The van der Waals surface area contributed by atoms with Crippen LogP contribution < -0.4 is 11.1 Å². The van der Waals surface area contributed by atoms with Gasteiger partial charge >= 0.3 is 12.1 Å². The van der Waals surface area contributed by atoms with Gasteiger partial charge in [0.15, 0.2) is 6.10 Å². The number of para-hydroxylation sites is 1. The van der Waals surface area contributed by atoms with E-state index in [1.54, 1.807) is 22.8 Å². The quantitative estimate of drug-likeness (QED) is 0.255. The number of nitrogen functional groups attached to an aromatic ring is 1. The molecule has 4 aliphatic rings. The molecule has 0 saturated carbocycles. The third-order valence-corrected chi connectivity index (χ3v) is 10.7. The number of piperidine rings is 2. The van der Waals surface area contributed by atoms with Crippen molar-refractivity contribution in [1.29, 1.82) is 0 Å². The third kappa shape index (κ3) is 7.91. The Hall–Kier alpha value is -4.43. The Morgan fingerprint density at radius 3 is 2.31 bits per heavy atom. The number of hydrogen-bond acceptors (Lipinski definition) is 9. The maximum absolute atomic E-state index is 14.0. The number of urea groups is 1.